The second kappa shape index (κ2) is 5.36. The number of aromatic nitrogens is 2. The lowest BCUT2D eigenvalue weighted by atomic mass is 10.2. The maximum absolute atomic E-state index is 12.1. The first-order valence-corrected chi connectivity index (χ1v) is 8.03. The number of fused-ring (bicyclic) bond motifs is 1. The van der Waals surface area contributed by atoms with Gasteiger partial charge in [-0.25, -0.2) is 4.98 Å². The van der Waals surface area contributed by atoms with Gasteiger partial charge in [0.1, 0.15) is 0 Å². The quantitative estimate of drug-likeness (QED) is 0.755. The van der Waals surface area contributed by atoms with E-state index in [1.54, 1.807) is 18.2 Å². The van der Waals surface area contributed by atoms with Crippen LogP contribution in [0, 0.1) is 0 Å². The largest absolute Gasteiger partial charge is 0.399 e. The Kier molecular flexibility index (Phi) is 3.56. The summed E-state index contributed by atoms with van der Waals surface area (Å²) in [5, 5.41) is 4.58. The molecule has 0 bridgehead atoms. The maximum atomic E-state index is 12.1. The average molecular weight is 290 g/mol. The van der Waals surface area contributed by atoms with E-state index in [4.69, 9.17) is 5.73 Å². The van der Waals surface area contributed by atoms with E-state index < -0.39 is 0 Å². The molecule has 1 saturated carbocycles. The SMILES string of the molecule is CSC1CCC(Nc2nc3ccc(N)cc3c(=O)[nH]2)C1. The minimum atomic E-state index is -0.149. The fraction of sp³-hybridized carbons (Fsp3) is 0.429. The predicted octanol–water partition coefficient (Wildman–Crippen LogP) is 2.20. The van der Waals surface area contributed by atoms with Crippen molar-refractivity contribution in [2.45, 2.75) is 30.6 Å². The monoisotopic (exact) mass is 290 g/mol. The molecular formula is C14H18N4OS. The van der Waals surface area contributed by atoms with Gasteiger partial charge in [-0.3, -0.25) is 9.78 Å². The molecule has 5 nitrogen and oxygen atoms in total. The first kappa shape index (κ1) is 13.3. The topological polar surface area (TPSA) is 83.8 Å². The van der Waals surface area contributed by atoms with Gasteiger partial charge in [-0.2, -0.15) is 11.8 Å². The number of nitrogens with zero attached hydrogens (tertiary/aromatic N) is 1. The first-order chi connectivity index (χ1) is 9.65. The summed E-state index contributed by atoms with van der Waals surface area (Å²) in [6, 6.07) is 5.59. The van der Waals surface area contributed by atoms with Crippen molar-refractivity contribution in [3.8, 4) is 0 Å². The highest BCUT2D eigenvalue weighted by Gasteiger charge is 2.24. The van der Waals surface area contributed by atoms with Crippen LogP contribution in [0.15, 0.2) is 23.0 Å². The molecule has 0 aliphatic heterocycles. The van der Waals surface area contributed by atoms with Crippen molar-refractivity contribution < 1.29 is 0 Å². The number of nitrogens with two attached hydrogens (primary N) is 1. The summed E-state index contributed by atoms with van der Waals surface area (Å²) in [4.78, 5) is 19.3. The van der Waals surface area contributed by atoms with E-state index in [2.05, 4.69) is 21.5 Å². The van der Waals surface area contributed by atoms with E-state index in [0.717, 1.165) is 12.8 Å². The molecule has 3 rings (SSSR count). The van der Waals surface area contributed by atoms with E-state index >= 15 is 0 Å². The molecule has 2 atom stereocenters. The molecule has 0 spiro atoms. The molecule has 6 heteroatoms. The number of benzene rings is 1. The molecule has 2 unspecified atom stereocenters. The summed E-state index contributed by atoms with van der Waals surface area (Å²) in [5.74, 6) is 0.555. The summed E-state index contributed by atoms with van der Waals surface area (Å²) in [6.45, 7) is 0. The second-order valence-corrected chi connectivity index (χ2v) is 6.34. The van der Waals surface area contributed by atoms with Gasteiger partial charge in [0.2, 0.25) is 5.95 Å². The van der Waals surface area contributed by atoms with Crippen LogP contribution in [0.3, 0.4) is 0 Å². The Labute approximate surface area is 121 Å². The number of hydrogen-bond acceptors (Lipinski definition) is 5. The van der Waals surface area contributed by atoms with Crippen LogP contribution in [-0.4, -0.2) is 27.5 Å². The Hall–Kier alpha value is -1.69. The van der Waals surface area contributed by atoms with Crippen molar-refractivity contribution in [2.24, 2.45) is 0 Å². The average Bonchev–Trinajstić information content (AvgIpc) is 2.87. The van der Waals surface area contributed by atoms with Crippen LogP contribution in [0.2, 0.25) is 0 Å². The lowest BCUT2D eigenvalue weighted by molar-refractivity contribution is 0.746. The Morgan fingerprint density at radius 1 is 1.45 bits per heavy atom. The van der Waals surface area contributed by atoms with Crippen LogP contribution < -0.4 is 16.6 Å². The molecular weight excluding hydrogens is 272 g/mol. The van der Waals surface area contributed by atoms with Crippen LogP contribution in [-0.2, 0) is 0 Å². The lowest BCUT2D eigenvalue weighted by Gasteiger charge is -2.13. The van der Waals surface area contributed by atoms with E-state index in [0.29, 0.717) is 33.8 Å². The van der Waals surface area contributed by atoms with Crippen LogP contribution in [0.5, 0.6) is 0 Å². The molecule has 1 fully saturated rings. The molecule has 2 aromatic rings. The molecule has 4 N–H and O–H groups in total. The second-order valence-electron chi connectivity index (χ2n) is 5.20. The number of anilines is 2. The summed E-state index contributed by atoms with van der Waals surface area (Å²) in [6.07, 6.45) is 5.60. The third-order valence-electron chi connectivity index (χ3n) is 3.79. The molecule has 0 radical (unpaired) electrons. The summed E-state index contributed by atoms with van der Waals surface area (Å²) in [5.41, 5.74) is 6.79. The number of nitrogen functional groups attached to an aromatic ring is 1. The minimum absolute atomic E-state index is 0.149. The number of H-pyrrole nitrogens is 1. The molecule has 1 aliphatic carbocycles. The van der Waals surface area contributed by atoms with Gasteiger partial charge in [0, 0.05) is 17.0 Å². The van der Waals surface area contributed by atoms with Crippen LogP contribution in [0.4, 0.5) is 11.6 Å². The highest BCUT2D eigenvalue weighted by Crippen LogP contribution is 2.29. The number of rotatable bonds is 3. The maximum Gasteiger partial charge on any atom is 0.260 e. The molecule has 1 heterocycles. The predicted molar refractivity (Wildman–Crippen MR) is 85.3 cm³/mol. The number of hydrogen-bond donors (Lipinski definition) is 3. The zero-order valence-corrected chi connectivity index (χ0v) is 12.2. The van der Waals surface area contributed by atoms with Gasteiger partial charge in [0.25, 0.3) is 5.56 Å². The first-order valence-electron chi connectivity index (χ1n) is 6.74. The van der Waals surface area contributed by atoms with Gasteiger partial charge in [0.05, 0.1) is 10.9 Å². The molecule has 106 valence electrons. The summed E-state index contributed by atoms with van der Waals surface area (Å²) >= 11 is 1.91. The lowest BCUT2D eigenvalue weighted by Crippen LogP contribution is -2.21. The third kappa shape index (κ3) is 2.60. The summed E-state index contributed by atoms with van der Waals surface area (Å²) in [7, 11) is 0. The van der Waals surface area contributed by atoms with Crippen molar-refractivity contribution in [3.05, 3.63) is 28.6 Å². The van der Waals surface area contributed by atoms with Crippen molar-refractivity contribution in [3.63, 3.8) is 0 Å². The highest BCUT2D eigenvalue weighted by molar-refractivity contribution is 7.99. The molecule has 0 saturated heterocycles. The van der Waals surface area contributed by atoms with Gasteiger partial charge >= 0.3 is 0 Å². The minimum Gasteiger partial charge on any atom is -0.399 e. The summed E-state index contributed by atoms with van der Waals surface area (Å²) < 4.78 is 0. The van der Waals surface area contributed by atoms with Gasteiger partial charge in [-0.05, 0) is 43.7 Å². The van der Waals surface area contributed by atoms with Gasteiger partial charge in [-0.15, -0.1) is 0 Å². The Bertz CT molecular complexity index is 684. The van der Waals surface area contributed by atoms with Gasteiger partial charge < -0.3 is 11.1 Å². The van der Waals surface area contributed by atoms with Crippen molar-refractivity contribution >= 4 is 34.3 Å². The normalized spacial score (nSPS) is 22.2. The third-order valence-corrected chi connectivity index (χ3v) is 4.88. The van der Waals surface area contributed by atoms with E-state index in [-0.39, 0.29) is 5.56 Å². The van der Waals surface area contributed by atoms with Crippen molar-refractivity contribution in [1.29, 1.82) is 0 Å². The van der Waals surface area contributed by atoms with Crippen LogP contribution in [0.25, 0.3) is 10.9 Å². The highest BCUT2D eigenvalue weighted by atomic mass is 32.2. The standard InChI is InChI=1S/C14H18N4OS/c1-20-10-4-3-9(7-10)16-14-17-12-5-2-8(15)6-11(12)13(19)18-14/h2,5-6,9-10H,3-4,7,15H2,1H3,(H2,16,17,18,19). The van der Waals surface area contributed by atoms with Crippen molar-refractivity contribution in [2.75, 3.05) is 17.3 Å². The number of thioether (sulfide) groups is 1. The van der Waals surface area contributed by atoms with E-state index in [1.807, 2.05) is 11.8 Å². The van der Waals surface area contributed by atoms with E-state index in [1.165, 1.54) is 6.42 Å². The van der Waals surface area contributed by atoms with E-state index in [9.17, 15) is 4.79 Å². The fourth-order valence-electron chi connectivity index (χ4n) is 2.70. The van der Waals surface area contributed by atoms with Crippen molar-refractivity contribution in [1.82, 2.24) is 9.97 Å². The number of nitrogens with one attached hydrogen (secondary N) is 2. The zero-order chi connectivity index (χ0) is 14.1. The molecule has 1 aromatic heterocycles. The number of aromatic amines is 1. The Morgan fingerprint density at radius 2 is 2.30 bits per heavy atom. The van der Waals surface area contributed by atoms with Gasteiger partial charge in [0.15, 0.2) is 0 Å². The molecule has 1 aromatic carbocycles. The molecule has 0 amide bonds. The molecule has 20 heavy (non-hydrogen) atoms. The van der Waals surface area contributed by atoms with Crippen LogP contribution >= 0.6 is 11.8 Å². The molecule has 1 aliphatic rings. The van der Waals surface area contributed by atoms with Gasteiger partial charge in [-0.1, -0.05) is 0 Å². The zero-order valence-electron chi connectivity index (χ0n) is 11.3. The Balaban J connectivity index is 1.86. The van der Waals surface area contributed by atoms with Crippen LogP contribution in [0.1, 0.15) is 19.3 Å². The fourth-order valence-corrected chi connectivity index (χ4v) is 3.50. The smallest absolute Gasteiger partial charge is 0.260 e. The Morgan fingerprint density at radius 3 is 3.05 bits per heavy atom.